The maximum Gasteiger partial charge on any atom is 0.315 e. The molecule has 8 heteroatoms. The highest BCUT2D eigenvalue weighted by molar-refractivity contribution is 7.99. The summed E-state index contributed by atoms with van der Waals surface area (Å²) in [6.45, 7) is 3.03. The summed E-state index contributed by atoms with van der Waals surface area (Å²) in [6, 6.07) is 42.0. The van der Waals surface area contributed by atoms with E-state index in [0.717, 1.165) is 55.3 Å². The van der Waals surface area contributed by atoms with E-state index in [0.29, 0.717) is 13.1 Å². The number of rotatable bonds is 12. The monoisotopic (exact) mass is 674 g/mol. The average molecular weight is 675 g/mol. The molecule has 0 spiro atoms. The van der Waals surface area contributed by atoms with Gasteiger partial charge in [0, 0.05) is 35.2 Å². The molecule has 4 atom stereocenters. The fourth-order valence-electron chi connectivity index (χ4n) is 6.01. The molecule has 1 heterocycles. The van der Waals surface area contributed by atoms with Crippen LogP contribution >= 0.6 is 11.8 Å². The molecule has 1 fully saturated rings. The molecule has 0 saturated carbocycles. The molecule has 3 N–H and O–H groups in total. The lowest BCUT2D eigenvalue weighted by atomic mass is 9.91. The van der Waals surface area contributed by atoms with E-state index in [1.807, 2.05) is 91.0 Å². The maximum atomic E-state index is 12.6. The van der Waals surface area contributed by atoms with Gasteiger partial charge in [0.2, 0.25) is 0 Å². The summed E-state index contributed by atoms with van der Waals surface area (Å²) in [5.41, 5.74) is 6.99. The third-order valence-electron chi connectivity index (χ3n) is 8.84. The second-order valence-electron chi connectivity index (χ2n) is 12.1. The highest BCUT2D eigenvalue weighted by atomic mass is 32.2. The number of thioether (sulfide) groups is 1. The molecule has 2 amide bonds. The van der Waals surface area contributed by atoms with Crippen molar-refractivity contribution in [2.75, 3.05) is 12.9 Å². The third kappa shape index (κ3) is 8.71. The summed E-state index contributed by atoms with van der Waals surface area (Å²) in [5.74, 6) is 1.64. The Kier molecular flexibility index (Phi) is 11.7. The number of hydrogen-bond donors (Lipinski definition) is 3. The average Bonchev–Trinajstić information content (AvgIpc) is 3.16. The lowest BCUT2D eigenvalue weighted by Gasteiger charge is -2.41. The first kappa shape index (κ1) is 34.3. The Labute approximate surface area is 292 Å². The van der Waals surface area contributed by atoms with Gasteiger partial charge in [-0.2, -0.15) is 0 Å². The Morgan fingerprint density at radius 1 is 0.755 bits per heavy atom. The van der Waals surface area contributed by atoms with Gasteiger partial charge in [-0.3, -0.25) is 0 Å². The summed E-state index contributed by atoms with van der Waals surface area (Å²) in [7, 11) is 1.69. The highest BCUT2D eigenvalue weighted by Crippen LogP contribution is 2.44. The van der Waals surface area contributed by atoms with Crippen LogP contribution in [0.4, 0.5) is 4.79 Å². The number of methoxy groups -OCH3 is 1. The summed E-state index contributed by atoms with van der Waals surface area (Å²) < 4.78 is 19.0. The highest BCUT2D eigenvalue weighted by Gasteiger charge is 2.38. The summed E-state index contributed by atoms with van der Waals surface area (Å²) in [5, 5.41) is 15.5. The number of hydrogen-bond acceptors (Lipinski definition) is 6. The van der Waals surface area contributed by atoms with E-state index in [1.54, 1.807) is 18.9 Å². The van der Waals surface area contributed by atoms with E-state index in [-0.39, 0.29) is 30.8 Å². The zero-order valence-corrected chi connectivity index (χ0v) is 28.6. The molecule has 1 aliphatic heterocycles. The van der Waals surface area contributed by atoms with Crippen LogP contribution < -0.4 is 15.4 Å². The molecule has 0 aromatic heterocycles. The van der Waals surface area contributed by atoms with E-state index < -0.39 is 6.29 Å². The predicted molar refractivity (Wildman–Crippen MR) is 194 cm³/mol. The van der Waals surface area contributed by atoms with Crippen LogP contribution in [0.25, 0.3) is 11.1 Å². The largest absolute Gasteiger partial charge is 0.496 e. The predicted octanol–water partition coefficient (Wildman–Crippen LogP) is 8.44. The van der Waals surface area contributed by atoms with Gasteiger partial charge in [0.05, 0.1) is 25.9 Å². The summed E-state index contributed by atoms with van der Waals surface area (Å²) in [4.78, 5) is 13.6. The number of amides is 2. The smallest absolute Gasteiger partial charge is 0.315 e. The first-order valence-electron chi connectivity index (χ1n) is 16.5. The molecular weight excluding hydrogens is 633 g/mol. The molecule has 252 valence electrons. The van der Waals surface area contributed by atoms with Crippen LogP contribution in [0.3, 0.4) is 0 Å². The molecule has 0 radical (unpaired) electrons. The van der Waals surface area contributed by atoms with Crippen molar-refractivity contribution in [3.63, 3.8) is 0 Å². The minimum Gasteiger partial charge on any atom is -0.496 e. The van der Waals surface area contributed by atoms with Crippen LogP contribution in [0, 0.1) is 5.92 Å². The fraction of sp³-hybridized carbons (Fsp3) is 0.244. The first-order valence-corrected chi connectivity index (χ1v) is 17.5. The van der Waals surface area contributed by atoms with E-state index in [2.05, 4.69) is 54.0 Å². The Morgan fingerprint density at radius 3 is 2.18 bits per heavy atom. The Bertz CT molecular complexity index is 1800. The minimum atomic E-state index is -0.568. The van der Waals surface area contributed by atoms with Crippen molar-refractivity contribution in [1.29, 1.82) is 0 Å². The standard InChI is InChI=1S/C41H42N2O5S/c1-28-37(27-49-38-15-9-8-14-36(38)46-2)47-40(48-39(28)32-18-16-30(26-44)17-19-32)33-22-20-31(21-23-33)35-13-7-6-12-34(35)25-43-41(45)42-24-29-10-4-3-5-11-29/h3-23,28,37,39-40,44H,24-27H2,1-2H3,(H2,42,43,45)/t28-,37+,39+,40+/m0/s1. The van der Waals surface area contributed by atoms with Gasteiger partial charge in [-0.05, 0) is 45.5 Å². The quantitative estimate of drug-likeness (QED) is 0.115. The fourth-order valence-corrected chi connectivity index (χ4v) is 7.21. The van der Waals surface area contributed by atoms with Gasteiger partial charge in [-0.25, -0.2) is 4.79 Å². The van der Waals surface area contributed by atoms with Gasteiger partial charge >= 0.3 is 6.03 Å². The van der Waals surface area contributed by atoms with Crippen molar-refractivity contribution in [2.45, 2.75) is 50.0 Å². The molecule has 0 bridgehead atoms. The Balaban J connectivity index is 1.17. The molecular formula is C41H42N2O5S. The molecule has 0 unspecified atom stereocenters. The van der Waals surface area contributed by atoms with E-state index in [9.17, 15) is 9.90 Å². The molecule has 7 nitrogen and oxygen atoms in total. The second-order valence-corrected chi connectivity index (χ2v) is 13.1. The zero-order valence-electron chi connectivity index (χ0n) is 27.8. The van der Waals surface area contributed by atoms with Crippen LogP contribution in [0.5, 0.6) is 5.75 Å². The van der Waals surface area contributed by atoms with Crippen molar-refractivity contribution >= 4 is 17.8 Å². The third-order valence-corrected chi connectivity index (χ3v) is 9.99. The normalized spacial score (nSPS) is 18.8. The van der Waals surface area contributed by atoms with Crippen LogP contribution in [-0.4, -0.2) is 30.1 Å². The minimum absolute atomic E-state index is 0.00172. The number of aliphatic hydroxyl groups is 1. The molecule has 1 aliphatic rings. The van der Waals surface area contributed by atoms with Gasteiger partial charge in [-0.1, -0.05) is 122 Å². The summed E-state index contributed by atoms with van der Waals surface area (Å²) in [6.07, 6.45) is -0.869. The number of aliphatic hydroxyl groups excluding tert-OH is 1. The molecule has 5 aromatic rings. The lowest BCUT2D eigenvalue weighted by molar-refractivity contribution is -0.268. The maximum absolute atomic E-state index is 12.6. The van der Waals surface area contributed by atoms with E-state index in [4.69, 9.17) is 14.2 Å². The number of benzene rings is 5. The number of carbonyl (C=O) groups excluding carboxylic acids is 1. The molecule has 1 saturated heterocycles. The topological polar surface area (TPSA) is 89.1 Å². The van der Waals surface area contributed by atoms with Crippen molar-refractivity contribution in [1.82, 2.24) is 10.6 Å². The number of para-hydroxylation sites is 1. The molecule has 6 rings (SSSR count). The van der Waals surface area contributed by atoms with Gasteiger partial charge in [0.25, 0.3) is 0 Å². The molecule has 0 aliphatic carbocycles. The number of urea groups is 1. The zero-order chi connectivity index (χ0) is 34.0. The van der Waals surface area contributed by atoms with E-state index in [1.165, 1.54) is 0 Å². The van der Waals surface area contributed by atoms with Gasteiger partial charge in [-0.15, -0.1) is 11.8 Å². The summed E-state index contributed by atoms with van der Waals surface area (Å²) >= 11 is 1.72. The van der Waals surface area contributed by atoms with Crippen molar-refractivity contribution in [3.8, 4) is 16.9 Å². The van der Waals surface area contributed by atoms with Crippen LogP contribution in [-0.2, 0) is 29.2 Å². The van der Waals surface area contributed by atoms with Crippen LogP contribution in [0.15, 0.2) is 132 Å². The van der Waals surface area contributed by atoms with Crippen LogP contribution in [0.1, 0.15) is 47.1 Å². The van der Waals surface area contributed by atoms with Gasteiger partial charge in [0.1, 0.15) is 5.75 Å². The SMILES string of the molecule is COc1ccccc1SC[C@H]1O[C@@H](c2ccc(-c3ccccc3CNC(=O)NCc3ccccc3)cc2)O[C@@H](c2ccc(CO)cc2)[C@H]1C. The van der Waals surface area contributed by atoms with Crippen molar-refractivity contribution in [2.24, 2.45) is 5.92 Å². The second kappa shape index (κ2) is 16.7. The lowest BCUT2D eigenvalue weighted by Crippen LogP contribution is -2.38. The van der Waals surface area contributed by atoms with Crippen molar-refractivity contribution in [3.05, 3.63) is 155 Å². The number of carbonyl (C=O) groups is 1. The Hall–Kier alpha value is -4.60. The van der Waals surface area contributed by atoms with Gasteiger partial charge < -0.3 is 30.0 Å². The van der Waals surface area contributed by atoms with Gasteiger partial charge in [0.15, 0.2) is 6.29 Å². The first-order chi connectivity index (χ1) is 24.0. The number of nitrogens with one attached hydrogen (secondary N) is 2. The number of ether oxygens (including phenoxy) is 3. The molecule has 5 aromatic carbocycles. The molecule has 49 heavy (non-hydrogen) atoms. The van der Waals surface area contributed by atoms with E-state index >= 15 is 0 Å². The Morgan fingerprint density at radius 2 is 1.43 bits per heavy atom. The van der Waals surface area contributed by atoms with Crippen LogP contribution in [0.2, 0.25) is 0 Å². The van der Waals surface area contributed by atoms with Crippen molar-refractivity contribution < 1.29 is 24.1 Å².